The first-order valence-corrected chi connectivity index (χ1v) is 13.1. The number of fused-ring (bicyclic) bond motifs is 2. The minimum absolute atomic E-state index is 0.410. The van der Waals surface area contributed by atoms with Crippen molar-refractivity contribution in [3.05, 3.63) is 89.2 Å². The first-order valence-electron chi connectivity index (χ1n) is 13.1. The Labute approximate surface area is 220 Å². The molecular weight excluding hydrogens is 455 g/mol. The van der Waals surface area contributed by atoms with Gasteiger partial charge in [0, 0.05) is 33.5 Å². The van der Waals surface area contributed by atoms with Gasteiger partial charge < -0.3 is 18.4 Å². The molecule has 1 aliphatic rings. The van der Waals surface area contributed by atoms with Crippen molar-refractivity contribution in [2.75, 3.05) is 0 Å². The number of rotatable bonds is 3. The molecule has 5 aromatic rings. The van der Waals surface area contributed by atoms with Crippen molar-refractivity contribution in [2.24, 2.45) is 0 Å². The largest absolute Gasteiger partial charge is 0.494 e. The van der Waals surface area contributed by atoms with Crippen LogP contribution in [-0.4, -0.2) is 27.5 Å². The van der Waals surface area contributed by atoms with Gasteiger partial charge in [-0.05, 0) is 102 Å². The number of nitrogens with zero attached hydrogens (tertiary/aromatic N) is 2. The zero-order chi connectivity index (χ0) is 26.3. The molecule has 0 saturated carbocycles. The highest BCUT2D eigenvalue weighted by atomic mass is 16.7. The van der Waals surface area contributed by atoms with Gasteiger partial charge in [-0.15, -0.1) is 0 Å². The molecule has 1 aliphatic heterocycles. The van der Waals surface area contributed by atoms with Crippen LogP contribution in [0, 0.1) is 27.7 Å². The van der Waals surface area contributed by atoms with Crippen molar-refractivity contribution >= 4 is 34.4 Å². The molecule has 0 bridgehead atoms. The number of para-hydroxylation sites is 2. The second-order valence-electron chi connectivity index (χ2n) is 11.5. The molecule has 0 N–H and O–H groups in total. The minimum atomic E-state index is -0.449. The van der Waals surface area contributed by atoms with E-state index in [9.17, 15) is 0 Å². The lowest BCUT2D eigenvalue weighted by atomic mass is 9.78. The molecule has 0 unspecified atom stereocenters. The molecule has 0 aliphatic carbocycles. The third-order valence-electron chi connectivity index (χ3n) is 8.82. The summed E-state index contributed by atoms with van der Waals surface area (Å²) in [7, 11) is -0.449. The van der Waals surface area contributed by atoms with Crippen LogP contribution in [0.2, 0.25) is 0 Å². The quantitative estimate of drug-likeness (QED) is 0.252. The fourth-order valence-corrected chi connectivity index (χ4v) is 5.71. The monoisotopic (exact) mass is 490 g/mol. The summed E-state index contributed by atoms with van der Waals surface area (Å²) in [6, 6.07) is 24.1. The van der Waals surface area contributed by atoms with E-state index in [1.54, 1.807) is 0 Å². The van der Waals surface area contributed by atoms with Gasteiger partial charge in [0.15, 0.2) is 0 Å². The zero-order valence-electron chi connectivity index (χ0n) is 23.1. The third-order valence-corrected chi connectivity index (χ3v) is 8.82. The normalized spacial score (nSPS) is 16.8. The van der Waals surface area contributed by atoms with Gasteiger partial charge in [-0.3, -0.25) is 0 Å². The van der Waals surface area contributed by atoms with Crippen LogP contribution in [0.15, 0.2) is 66.7 Å². The molecule has 5 heteroatoms. The van der Waals surface area contributed by atoms with Crippen molar-refractivity contribution in [3.8, 4) is 11.4 Å². The van der Waals surface area contributed by atoms with Crippen molar-refractivity contribution in [3.63, 3.8) is 0 Å². The van der Waals surface area contributed by atoms with Crippen LogP contribution in [0.3, 0.4) is 0 Å². The van der Waals surface area contributed by atoms with Crippen LogP contribution in [0.4, 0.5) is 0 Å². The molecule has 0 spiro atoms. The number of hydrogen-bond donors (Lipinski definition) is 0. The van der Waals surface area contributed by atoms with Crippen LogP contribution in [0.25, 0.3) is 33.2 Å². The molecule has 1 fully saturated rings. The highest BCUT2D eigenvalue weighted by molar-refractivity contribution is 6.62. The molecule has 0 amide bonds. The maximum atomic E-state index is 6.54. The molecule has 4 nitrogen and oxygen atoms in total. The Morgan fingerprint density at radius 2 is 1.00 bits per heavy atom. The van der Waals surface area contributed by atoms with E-state index in [1.165, 1.54) is 44.3 Å². The minimum Gasteiger partial charge on any atom is -0.399 e. The van der Waals surface area contributed by atoms with E-state index in [1.807, 2.05) is 0 Å². The van der Waals surface area contributed by atoms with Gasteiger partial charge in [-0.1, -0.05) is 36.4 Å². The summed E-state index contributed by atoms with van der Waals surface area (Å²) in [4.78, 5) is 0. The summed E-state index contributed by atoms with van der Waals surface area (Å²) in [6.45, 7) is 17.3. The molecule has 1 saturated heterocycles. The lowest BCUT2D eigenvalue weighted by molar-refractivity contribution is 0.00578. The lowest BCUT2D eigenvalue weighted by Gasteiger charge is -2.32. The standard InChI is InChI=1S/C32H35BN2O2/c1-20-22(3)34(29-15-11-9-13-27(20)29)25-17-24(33-36-31(5,6)32(7,8)37-33)18-26(19-25)35-23(4)21(2)28-14-10-12-16-30(28)35/h9-19H,1-8H3. The van der Waals surface area contributed by atoms with E-state index >= 15 is 0 Å². The Kier molecular flexibility index (Phi) is 5.28. The van der Waals surface area contributed by atoms with E-state index in [0.717, 1.165) is 16.8 Å². The molecule has 3 heterocycles. The Morgan fingerprint density at radius 3 is 1.43 bits per heavy atom. The van der Waals surface area contributed by atoms with Crippen LogP contribution >= 0.6 is 0 Å². The van der Waals surface area contributed by atoms with Crippen LogP contribution in [0.5, 0.6) is 0 Å². The Morgan fingerprint density at radius 1 is 0.595 bits per heavy atom. The van der Waals surface area contributed by atoms with Gasteiger partial charge in [0.25, 0.3) is 0 Å². The van der Waals surface area contributed by atoms with Crippen molar-refractivity contribution < 1.29 is 9.31 Å². The van der Waals surface area contributed by atoms with E-state index < -0.39 is 18.3 Å². The van der Waals surface area contributed by atoms with E-state index in [0.29, 0.717) is 0 Å². The number of aromatic nitrogens is 2. The Balaban J connectivity index is 1.64. The fraction of sp³-hybridized carbons (Fsp3) is 0.312. The summed E-state index contributed by atoms with van der Waals surface area (Å²) in [6.07, 6.45) is 0. The van der Waals surface area contributed by atoms with E-state index in [-0.39, 0.29) is 0 Å². The molecule has 37 heavy (non-hydrogen) atoms. The van der Waals surface area contributed by atoms with Gasteiger partial charge >= 0.3 is 7.12 Å². The van der Waals surface area contributed by atoms with Crippen molar-refractivity contribution in [2.45, 2.75) is 66.6 Å². The smallest absolute Gasteiger partial charge is 0.399 e. The maximum Gasteiger partial charge on any atom is 0.494 e. The molecule has 0 radical (unpaired) electrons. The van der Waals surface area contributed by atoms with Crippen LogP contribution in [-0.2, 0) is 9.31 Å². The number of aryl methyl sites for hydroxylation is 2. The lowest BCUT2D eigenvalue weighted by Crippen LogP contribution is -2.41. The molecule has 188 valence electrons. The topological polar surface area (TPSA) is 28.3 Å². The van der Waals surface area contributed by atoms with Crippen LogP contribution in [0.1, 0.15) is 50.2 Å². The van der Waals surface area contributed by atoms with Crippen molar-refractivity contribution in [1.29, 1.82) is 0 Å². The predicted octanol–water partition coefficient (Wildman–Crippen LogP) is 7.11. The predicted molar refractivity (Wildman–Crippen MR) is 155 cm³/mol. The SMILES string of the molecule is Cc1c(C)n(-c2cc(B3OC(C)(C)C(C)(C)O3)cc(-n3c(C)c(C)c4ccccc43)c2)c2ccccc12. The zero-order valence-corrected chi connectivity index (χ0v) is 23.1. The summed E-state index contributed by atoms with van der Waals surface area (Å²) in [5.74, 6) is 0. The number of benzene rings is 3. The summed E-state index contributed by atoms with van der Waals surface area (Å²) < 4.78 is 17.8. The van der Waals surface area contributed by atoms with Crippen molar-refractivity contribution in [1.82, 2.24) is 9.13 Å². The molecular formula is C32H35BN2O2. The van der Waals surface area contributed by atoms with Gasteiger partial charge in [0.2, 0.25) is 0 Å². The van der Waals surface area contributed by atoms with Gasteiger partial charge in [-0.25, -0.2) is 0 Å². The third kappa shape index (κ3) is 3.52. The van der Waals surface area contributed by atoms with E-state index in [4.69, 9.17) is 9.31 Å². The second kappa shape index (κ2) is 8.11. The molecule has 3 aromatic carbocycles. The number of hydrogen-bond acceptors (Lipinski definition) is 2. The summed E-state index contributed by atoms with van der Waals surface area (Å²) >= 11 is 0. The van der Waals surface area contributed by atoms with Crippen LogP contribution < -0.4 is 5.46 Å². The average Bonchev–Trinajstić information content (AvgIpc) is 3.37. The van der Waals surface area contributed by atoms with Gasteiger partial charge in [0.1, 0.15) is 0 Å². The maximum absolute atomic E-state index is 6.54. The highest BCUT2D eigenvalue weighted by Crippen LogP contribution is 2.38. The van der Waals surface area contributed by atoms with Gasteiger partial charge in [0.05, 0.1) is 22.2 Å². The van der Waals surface area contributed by atoms with Gasteiger partial charge in [-0.2, -0.15) is 0 Å². The first kappa shape index (κ1) is 24.1. The summed E-state index contributed by atoms with van der Waals surface area (Å²) in [5, 5.41) is 2.56. The van der Waals surface area contributed by atoms with E-state index in [2.05, 4.69) is 131 Å². The highest BCUT2D eigenvalue weighted by Gasteiger charge is 2.51. The average molecular weight is 490 g/mol. The Hall–Kier alpha value is -3.28. The fourth-order valence-electron chi connectivity index (χ4n) is 5.71. The molecule has 6 rings (SSSR count). The first-order chi connectivity index (χ1) is 17.5. The molecule has 2 aromatic heterocycles. The summed E-state index contributed by atoms with van der Waals surface area (Å²) in [5.41, 5.74) is 9.92. The molecule has 0 atom stereocenters. The second-order valence-corrected chi connectivity index (χ2v) is 11.5. The Bertz CT molecular complexity index is 1570.